The van der Waals surface area contributed by atoms with Crippen LogP contribution in [0.15, 0.2) is 18.2 Å². The van der Waals surface area contributed by atoms with E-state index < -0.39 is 0 Å². The Labute approximate surface area is 113 Å². The summed E-state index contributed by atoms with van der Waals surface area (Å²) in [4.78, 5) is 0. The number of nitrogens with one attached hydrogen (secondary N) is 1. The van der Waals surface area contributed by atoms with Gasteiger partial charge in [-0.05, 0) is 31.2 Å². The molecule has 100 valence electrons. The van der Waals surface area contributed by atoms with E-state index in [1.807, 2.05) is 24.9 Å². The molecule has 0 bridgehead atoms. The molecule has 0 amide bonds. The summed E-state index contributed by atoms with van der Waals surface area (Å²) < 4.78 is 10.8. The van der Waals surface area contributed by atoms with Crippen LogP contribution in [0.25, 0.3) is 0 Å². The second-order valence-corrected chi connectivity index (χ2v) is 5.98. The lowest BCUT2D eigenvalue weighted by atomic mass is 10.1. The van der Waals surface area contributed by atoms with Crippen molar-refractivity contribution in [3.05, 3.63) is 23.8 Å². The molecule has 0 spiro atoms. The van der Waals surface area contributed by atoms with Gasteiger partial charge < -0.3 is 14.8 Å². The molecule has 1 heterocycles. The van der Waals surface area contributed by atoms with Crippen LogP contribution in [0.2, 0.25) is 0 Å². The third-order valence-corrected chi connectivity index (χ3v) is 4.70. The summed E-state index contributed by atoms with van der Waals surface area (Å²) >= 11 is 2.00. The number of ether oxygens (including phenoxy) is 2. The minimum atomic E-state index is 0.338. The molecular formula is C14H21NO2S. The Balaban J connectivity index is 2.03. The van der Waals surface area contributed by atoms with Crippen molar-refractivity contribution >= 4 is 11.8 Å². The highest BCUT2D eigenvalue weighted by Crippen LogP contribution is 2.35. The molecule has 0 aliphatic carbocycles. The summed E-state index contributed by atoms with van der Waals surface area (Å²) in [5.41, 5.74) is 1.26. The predicted molar refractivity (Wildman–Crippen MR) is 76.6 cm³/mol. The van der Waals surface area contributed by atoms with Crippen molar-refractivity contribution in [3.8, 4) is 11.5 Å². The first-order chi connectivity index (χ1) is 8.74. The van der Waals surface area contributed by atoms with Gasteiger partial charge in [-0.1, -0.05) is 19.9 Å². The number of hydrogen-bond acceptors (Lipinski definition) is 4. The average molecular weight is 267 g/mol. The molecular weight excluding hydrogens is 246 g/mol. The highest BCUT2D eigenvalue weighted by molar-refractivity contribution is 7.99. The Morgan fingerprint density at radius 3 is 2.83 bits per heavy atom. The molecule has 1 aromatic carbocycles. The summed E-state index contributed by atoms with van der Waals surface area (Å²) in [5.74, 6) is 2.79. The third kappa shape index (κ3) is 3.12. The first-order valence-corrected chi connectivity index (χ1v) is 7.48. The molecule has 4 heteroatoms. The number of hydrogen-bond donors (Lipinski definition) is 1. The van der Waals surface area contributed by atoms with Gasteiger partial charge in [-0.3, -0.25) is 0 Å². The van der Waals surface area contributed by atoms with Crippen LogP contribution in [0, 0.1) is 0 Å². The Hall–Kier alpha value is -0.870. The second-order valence-electron chi connectivity index (χ2n) is 4.51. The van der Waals surface area contributed by atoms with Crippen LogP contribution in [0.3, 0.4) is 0 Å². The number of fused-ring (bicyclic) bond motifs is 1. The standard InChI is InChI=1S/C14H21NO2S/c1-4-10(2)18-8-12(15-3)11-5-6-13-14(7-11)17-9-16-13/h5-7,10,12,15H,4,8-9H2,1-3H3. The molecule has 0 saturated heterocycles. The molecule has 0 aromatic heterocycles. The minimum absolute atomic E-state index is 0.338. The van der Waals surface area contributed by atoms with Crippen LogP contribution in [-0.4, -0.2) is 24.8 Å². The van der Waals surface area contributed by atoms with Crippen LogP contribution >= 0.6 is 11.8 Å². The normalized spacial score (nSPS) is 16.6. The molecule has 2 unspecified atom stereocenters. The lowest BCUT2D eigenvalue weighted by Gasteiger charge is -2.18. The maximum absolute atomic E-state index is 5.42. The van der Waals surface area contributed by atoms with Crippen molar-refractivity contribution in [3.63, 3.8) is 0 Å². The fourth-order valence-electron chi connectivity index (χ4n) is 1.85. The van der Waals surface area contributed by atoms with Gasteiger partial charge in [0.15, 0.2) is 11.5 Å². The summed E-state index contributed by atoms with van der Waals surface area (Å²) in [7, 11) is 2.01. The average Bonchev–Trinajstić information content (AvgIpc) is 2.86. The SMILES string of the molecule is CCC(C)SCC(NC)c1ccc2c(c1)OCO2. The Morgan fingerprint density at radius 2 is 2.11 bits per heavy atom. The van der Waals surface area contributed by atoms with Crippen LogP contribution < -0.4 is 14.8 Å². The van der Waals surface area contributed by atoms with Gasteiger partial charge in [0, 0.05) is 17.0 Å². The van der Waals surface area contributed by atoms with Crippen molar-refractivity contribution in [2.45, 2.75) is 31.6 Å². The van der Waals surface area contributed by atoms with Crippen molar-refractivity contribution in [1.82, 2.24) is 5.32 Å². The Morgan fingerprint density at radius 1 is 1.33 bits per heavy atom. The summed E-state index contributed by atoms with van der Waals surface area (Å²) in [6.45, 7) is 4.84. The van der Waals surface area contributed by atoms with E-state index in [2.05, 4.69) is 31.3 Å². The zero-order valence-corrected chi connectivity index (χ0v) is 12.0. The molecule has 0 saturated carbocycles. The van der Waals surface area contributed by atoms with Crippen molar-refractivity contribution in [2.75, 3.05) is 19.6 Å². The summed E-state index contributed by atoms with van der Waals surface area (Å²) in [6.07, 6.45) is 1.21. The van der Waals surface area contributed by atoms with Gasteiger partial charge in [-0.15, -0.1) is 0 Å². The van der Waals surface area contributed by atoms with E-state index in [4.69, 9.17) is 9.47 Å². The highest BCUT2D eigenvalue weighted by Gasteiger charge is 2.17. The van der Waals surface area contributed by atoms with Gasteiger partial charge in [0.25, 0.3) is 0 Å². The minimum Gasteiger partial charge on any atom is -0.454 e. The van der Waals surface area contributed by atoms with Gasteiger partial charge in [0.2, 0.25) is 6.79 Å². The largest absolute Gasteiger partial charge is 0.454 e. The predicted octanol–water partition coefficient (Wildman–Crippen LogP) is 3.21. The van der Waals surface area contributed by atoms with E-state index >= 15 is 0 Å². The van der Waals surface area contributed by atoms with E-state index in [0.29, 0.717) is 18.1 Å². The quantitative estimate of drug-likeness (QED) is 0.857. The van der Waals surface area contributed by atoms with Crippen molar-refractivity contribution in [1.29, 1.82) is 0 Å². The molecule has 2 rings (SSSR count). The summed E-state index contributed by atoms with van der Waals surface area (Å²) in [5, 5.41) is 4.08. The van der Waals surface area contributed by atoms with Crippen molar-refractivity contribution in [2.24, 2.45) is 0 Å². The van der Waals surface area contributed by atoms with Crippen LogP contribution in [0.5, 0.6) is 11.5 Å². The maximum atomic E-state index is 5.42. The lowest BCUT2D eigenvalue weighted by Crippen LogP contribution is -2.19. The first-order valence-electron chi connectivity index (χ1n) is 6.43. The zero-order chi connectivity index (χ0) is 13.0. The van der Waals surface area contributed by atoms with E-state index in [1.54, 1.807) is 0 Å². The first kappa shape index (κ1) is 13.6. The molecule has 1 aliphatic heterocycles. The monoisotopic (exact) mass is 267 g/mol. The zero-order valence-electron chi connectivity index (χ0n) is 11.2. The van der Waals surface area contributed by atoms with Crippen molar-refractivity contribution < 1.29 is 9.47 Å². The van der Waals surface area contributed by atoms with E-state index in [1.165, 1.54) is 12.0 Å². The fourth-order valence-corrected chi connectivity index (χ4v) is 2.97. The van der Waals surface area contributed by atoms with Gasteiger partial charge in [-0.25, -0.2) is 0 Å². The van der Waals surface area contributed by atoms with Crippen LogP contribution in [0.4, 0.5) is 0 Å². The number of benzene rings is 1. The van der Waals surface area contributed by atoms with Gasteiger partial charge in [0.05, 0.1) is 0 Å². The lowest BCUT2D eigenvalue weighted by molar-refractivity contribution is 0.174. The van der Waals surface area contributed by atoms with Gasteiger partial charge >= 0.3 is 0 Å². The molecule has 18 heavy (non-hydrogen) atoms. The smallest absolute Gasteiger partial charge is 0.231 e. The number of rotatable bonds is 6. The van der Waals surface area contributed by atoms with Crippen LogP contribution in [0.1, 0.15) is 31.9 Å². The van der Waals surface area contributed by atoms with E-state index in [0.717, 1.165) is 17.3 Å². The van der Waals surface area contributed by atoms with Gasteiger partial charge in [0.1, 0.15) is 0 Å². The van der Waals surface area contributed by atoms with E-state index in [-0.39, 0.29) is 0 Å². The fraction of sp³-hybridized carbons (Fsp3) is 0.571. The third-order valence-electron chi connectivity index (χ3n) is 3.27. The molecule has 2 atom stereocenters. The molecule has 3 nitrogen and oxygen atoms in total. The van der Waals surface area contributed by atoms with Crippen LogP contribution in [-0.2, 0) is 0 Å². The topological polar surface area (TPSA) is 30.5 Å². The molecule has 0 fully saturated rings. The van der Waals surface area contributed by atoms with Gasteiger partial charge in [-0.2, -0.15) is 11.8 Å². The highest BCUT2D eigenvalue weighted by atomic mass is 32.2. The molecule has 1 N–H and O–H groups in total. The molecule has 1 aliphatic rings. The maximum Gasteiger partial charge on any atom is 0.231 e. The number of thioether (sulfide) groups is 1. The Kier molecular flexibility index (Phi) is 4.78. The second kappa shape index (κ2) is 6.34. The molecule has 0 radical (unpaired) electrons. The summed E-state index contributed by atoms with van der Waals surface area (Å²) in [6, 6.07) is 6.56. The molecule has 1 aromatic rings. The Bertz CT molecular complexity index is 397. The van der Waals surface area contributed by atoms with E-state index in [9.17, 15) is 0 Å².